The highest BCUT2D eigenvalue weighted by Gasteiger charge is 2.39. The van der Waals surface area contributed by atoms with Gasteiger partial charge < -0.3 is 15.6 Å². The molecule has 0 radical (unpaired) electrons. The Kier molecular flexibility index (Phi) is 5.66. The fourth-order valence-corrected chi connectivity index (χ4v) is 5.80. The van der Waals surface area contributed by atoms with Crippen molar-refractivity contribution in [2.45, 2.75) is 49.9 Å². The summed E-state index contributed by atoms with van der Waals surface area (Å²) in [6.45, 7) is 0. The average molecular weight is 392 g/mol. The van der Waals surface area contributed by atoms with Crippen LogP contribution in [0.4, 0.5) is 0 Å². The van der Waals surface area contributed by atoms with Gasteiger partial charge in [-0.3, -0.25) is 4.79 Å². The molecule has 2 saturated carbocycles. The predicted octanol–water partition coefficient (Wildman–Crippen LogP) is 3.66. The molecular formula is C19H25N3O2S2. The van der Waals surface area contributed by atoms with Crippen molar-refractivity contribution in [1.29, 1.82) is 0 Å². The first-order chi connectivity index (χ1) is 12.7. The summed E-state index contributed by atoms with van der Waals surface area (Å²) in [5.41, 5.74) is 7.05. The number of carbonyl (C=O) groups is 1. The number of hydrogen-bond donors (Lipinski definition) is 2. The molecule has 26 heavy (non-hydrogen) atoms. The summed E-state index contributed by atoms with van der Waals surface area (Å²) in [6, 6.07) is 6.62. The number of thiophene rings is 1. The van der Waals surface area contributed by atoms with Crippen molar-refractivity contribution in [1.82, 2.24) is 10.5 Å². The largest absolute Gasteiger partial charge is 0.355 e. The second-order valence-electron chi connectivity index (χ2n) is 7.43. The Labute approximate surface area is 162 Å². The first kappa shape index (κ1) is 18.1. The maximum atomic E-state index is 12.4. The molecule has 7 heteroatoms. The van der Waals surface area contributed by atoms with Crippen molar-refractivity contribution in [2.24, 2.45) is 17.6 Å². The Morgan fingerprint density at radius 3 is 2.92 bits per heavy atom. The second kappa shape index (κ2) is 8.15. The number of fused-ring (bicyclic) bond motifs is 2. The van der Waals surface area contributed by atoms with Crippen molar-refractivity contribution >= 4 is 29.0 Å². The quantitative estimate of drug-likeness (QED) is 0.785. The van der Waals surface area contributed by atoms with Crippen LogP contribution >= 0.6 is 23.1 Å². The fourth-order valence-electron chi connectivity index (χ4n) is 4.42. The third kappa shape index (κ3) is 4.15. The number of amides is 1. The number of nitrogens with one attached hydrogen (secondary N) is 1. The minimum Gasteiger partial charge on any atom is -0.355 e. The van der Waals surface area contributed by atoms with Gasteiger partial charge in [-0.25, -0.2) is 0 Å². The monoisotopic (exact) mass is 391 g/mol. The highest BCUT2D eigenvalue weighted by Crippen LogP contribution is 2.39. The molecule has 2 aliphatic rings. The summed E-state index contributed by atoms with van der Waals surface area (Å²) in [4.78, 5) is 13.5. The second-order valence-corrected chi connectivity index (χ2v) is 9.36. The number of hydrogen-bond acceptors (Lipinski definition) is 6. The first-order valence-electron chi connectivity index (χ1n) is 9.31. The summed E-state index contributed by atoms with van der Waals surface area (Å²) in [5.74, 6) is 3.21. The Bertz CT molecular complexity index is 717. The Morgan fingerprint density at radius 2 is 2.19 bits per heavy atom. The van der Waals surface area contributed by atoms with Crippen LogP contribution in [0, 0.1) is 11.8 Å². The Morgan fingerprint density at radius 1 is 1.38 bits per heavy atom. The van der Waals surface area contributed by atoms with Crippen molar-refractivity contribution in [3.8, 4) is 10.6 Å². The number of rotatable bonds is 6. The molecule has 0 aliphatic heterocycles. The molecule has 2 atom stereocenters. The molecule has 2 aromatic rings. The molecule has 0 spiro atoms. The van der Waals surface area contributed by atoms with E-state index in [-0.39, 0.29) is 5.91 Å². The lowest BCUT2D eigenvalue weighted by Gasteiger charge is -2.45. The normalized spacial score (nSPS) is 28.0. The molecule has 3 N–H and O–H groups in total. The minimum atomic E-state index is 0.134. The molecule has 5 nitrogen and oxygen atoms in total. The maximum Gasteiger partial charge on any atom is 0.230 e. The van der Waals surface area contributed by atoms with Gasteiger partial charge in [-0.15, -0.1) is 23.1 Å². The van der Waals surface area contributed by atoms with Crippen LogP contribution in [0.3, 0.4) is 0 Å². The third-order valence-corrected chi connectivity index (χ3v) is 7.36. The van der Waals surface area contributed by atoms with Gasteiger partial charge in [-0.2, -0.15) is 0 Å². The molecule has 4 rings (SSSR count). The molecule has 2 aliphatic carbocycles. The lowest BCUT2D eigenvalue weighted by Crippen LogP contribution is -2.54. The minimum absolute atomic E-state index is 0.134. The number of thioether (sulfide) groups is 1. The molecule has 2 bridgehead atoms. The van der Waals surface area contributed by atoms with Gasteiger partial charge in [-0.05, 0) is 49.0 Å². The van der Waals surface area contributed by atoms with Crippen LogP contribution in [0.5, 0.6) is 0 Å². The van der Waals surface area contributed by atoms with Gasteiger partial charge in [-0.1, -0.05) is 17.6 Å². The zero-order chi connectivity index (χ0) is 17.9. The average Bonchev–Trinajstić information content (AvgIpc) is 3.27. The van der Waals surface area contributed by atoms with E-state index in [1.54, 1.807) is 23.1 Å². The van der Waals surface area contributed by atoms with Gasteiger partial charge in [0, 0.05) is 23.9 Å². The van der Waals surface area contributed by atoms with Gasteiger partial charge in [0.2, 0.25) is 5.91 Å². The zero-order valence-corrected chi connectivity index (χ0v) is 16.4. The molecule has 2 unspecified atom stereocenters. The van der Waals surface area contributed by atoms with E-state index in [2.05, 4.69) is 10.5 Å². The summed E-state index contributed by atoms with van der Waals surface area (Å²) in [5, 5.41) is 9.42. The van der Waals surface area contributed by atoms with Crippen molar-refractivity contribution in [3.63, 3.8) is 0 Å². The number of aromatic nitrogens is 1. The van der Waals surface area contributed by atoms with Gasteiger partial charge in [0.15, 0.2) is 5.76 Å². The molecule has 2 aromatic heterocycles. The van der Waals surface area contributed by atoms with Gasteiger partial charge >= 0.3 is 0 Å². The molecule has 0 aromatic carbocycles. The van der Waals surface area contributed by atoms with Crippen LogP contribution < -0.4 is 11.1 Å². The SMILES string of the molecule is NC1CC2CCCC(C1)C2NC(=O)CSCc1cc(-c2cccs2)on1. The van der Waals surface area contributed by atoms with E-state index in [0.29, 0.717) is 35.4 Å². The van der Waals surface area contributed by atoms with Crippen LogP contribution in [0.25, 0.3) is 10.6 Å². The summed E-state index contributed by atoms with van der Waals surface area (Å²) < 4.78 is 5.38. The first-order valence-corrected chi connectivity index (χ1v) is 11.3. The molecule has 1 amide bonds. The zero-order valence-electron chi connectivity index (χ0n) is 14.7. The highest BCUT2D eigenvalue weighted by molar-refractivity contribution is 7.99. The van der Waals surface area contributed by atoms with E-state index >= 15 is 0 Å². The third-order valence-electron chi connectivity index (χ3n) is 5.51. The van der Waals surface area contributed by atoms with Crippen LogP contribution in [0.1, 0.15) is 37.8 Å². The topological polar surface area (TPSA) is 81.1 Å². The molecule has 2 heterocycles. The van der Waals surface area contributed by atoms with Crippen LogP contribution in [0.15, 0.2) is 28.1 Å². The number of carbonyl (C=O) groups excluding carboxylic acids is 1. The molecule has 2 fully saturated rings. The number of nitrogens with two attached hydrogens (primary N) is 1. The van der Waals surface area contributed by atoms with E-state index < -0.39 is 0 Å². The van der Waals surface area contributed by atoms with E-state index in [9.17, 15) is 4.79 Å². The molecule has 140 valence electrons. The van der Waals surface area contributed by atoms with Crippen molar-refractivity contribution in [3.05, 3.63) is 29.3 Å². The van der Waals surface area contributed by atoms with Crippen molar-refractivity contribution < 1.29 is 9.32 Å². The molecular weight excluding hydrogens is 366 g/mol. The van der Waals surface area contributed by atoms with Crippen LogP contribution in [0.2, 0.25) is 0 Å². The summed E-state index contributed by atoms with van der Waals surface area (Å²) in [7, 11) is 0. The van der Waals surface area contributed by atoms with E-state index in [4.69, 9.17) is 10.3 Å². The van der Waals surface area contributed by atoms with Gasteiger partial charge in [0.1, 0.15) is 0 Å². The molecule has 0 saturated heterocycles. The standard InChI is InChI=1S/C19H25N3O2S2/c20-14-7-12-3-1-4-13(8-14)19(12)21-18(23)11-25-10-15-9-16(24-22-15)17-5-2-6-26-17/h2,5-6,9,12-14,19H,1,3-4,7-8,10-11,20H2,(H,21,23). The maximum absolute atomic E-state index is 12.4. The smallest absolute Gasteiger partial charge is 0.230 e. The van der Waals surface area contributed by atoms with Gasteiger partial charge in [0.25, 0.3) is 0 Å². The van der Waals surface area contributed by atoms with Gasteiger partial charge in [0.05, 0.1) is 16.3 Å². The van der Waals surface area contributed by atoms with Crippen LogP contribution in [-0.2, 0) is 10.5 Å². The lowest BCUT2D eigenvalue weighted by atomic mass is 9.67. The number of nitrogens with zero attached hydrogens (tertiary/aromatic N) is 1. The summed E-state index contributed by atoms with van der Waals surface area (Å²) >= 11 is 3.22. The van der Waals surface area contributed by atoms with E-state index in [1.165, 1.54) is 19.3 Å². The fraction of sp³-hybridized carbons (Fsp3) is 0.579. The lowest BCUT2D eigenvalue weighted by molar-refractivity contribution is -0.120. The predicted molar refractivity (Wildman–Crippen MR) is 106 cm³/mol. The highest BCUT2D eigenvalue weighted by atomic mass is 32.2. The van der Waals surface area contributed by atoms with Crippen molar-refractivity contribution in [2.75, 3.05) is 5.75 Å². The van der Waals surface area contributed by atoms with E-state index in [0.717, 1.165) is 29.2 Å². The Hall–Kier alpha value is -1.31. The van der Waals surface area contributed by atoms with Crippen LogP contribution in [-0.4, -0.2) is 28.9 Å². The Balaban J connectivity index is 1.24. The summed E-state index contributed by atoms with van der Waals surface area (Å²) in [6.07, 6.45) is 5.79. The van der Waals surface area contributed by atoms with E-state index in [1.807, 2.05) is 23.6 Å².